The molecule has 0 amide bonds. The fourth-order valence-electron chi connectivity index (χ4n) is 2.22. The van der Waals surface area contributed by atoms with Gasteiger partial charge in [-0.05, 0) is 31.8 Å². The third kappa shape index (κ3) is 3.08. The van der Waals surface area contributed by atoms with Crippen molar-refractivity contribution in [3.05, 3.63) is 23.7 Å². The summed E-state index contributed by atoms with van der Waals surface area (Å²) < 4.78 is 19.3. The van der Waals surface area contributed by atoms with Crippen molar-refractivity contribution < 1.29 is 9.13 Å². The molecule has 0 saturated carbocycles. The van der Waals surface area contributed by atoms with Gasteiger partial charge in [0.25, 0.3) is 0 Å². The Morgan fingerprint density at radius 3 is 2.44 bits per heavy atom. The molecule has 0 aromatic heterocycles. The third-order valence-corrected chi connectivity index (χ3v) is 3.17. The van der Waals surface area contributed by atoms with Gasteiger partial charge in [0.15, 0.2) is 0 Å². The number of morpholine rings is 1. The van der Waals surface area contributed by atoms with Crippen LogP contribution in [-0.4, -0.2) is 31.2 Å². The average molecular weight is 225 g/mol. The first-order valence-electron chi connectivity index (χ1n) is 6.27. The van der Waals surface area contributed by atoms with Crippen molar-refractivity contribution in [1.82, 2.24) is 4.90 Å². The fourth-order valence-corrected chi connectivity index (χ4v) is 2.22. The summed E-state index contributed by atoms with van der Waals surface area (Å²) in [6.45, 7) is 3.05. The van der Waals surface area contributed by atoms with Crippen molar-refractivity contribution >= 4 is 0 Å². The van der Waals surface area contributed by atoms with Crippen molar-refractivity contribution in [3.8, 4) is 0 Å². The van der Waals surface area contributed by atoms with E-state index in [-0.39, 0.29) is 5.83 Å². The zero-order valence-electron chi connectivity index (χ0n) is 9.75. The first-order chi connectivity index (χ1) is 7.88. The topological polar surface area (TPSA) is 12.5 Å². The maximum atomic E-state index is 14.0. The summed E-state index contributed by atoms with van der Waals surface area (Å²) in [5, 5.41) is 0. The molecule has 1 heterocycles. The molecule has 3 heteroatoms. The summed E-state index contributed by atoms with van der Waals surface area (Å²) in [6, 6.07) is 0. The molecule has 0 bridgehead atoms. The van der Waals surface area contributed by atoms with Gasteiger partial charge < -0.3 is 9.64 Å². The Hall–Kier alpha value is -0.830. The van der Waals surface area contributed by atoms with E-state index in [0.717, 1.165) is 38.0 Å². The molecule has 0 aromatic rings. The molecule has 16 heavy (non-hydrogen) atoms. The van der Waals surface area contributed by atoms with Crippen molar-refractivity contribution in [2.45, 2.75) is 32.1 Å². The SMILES string of the molecule is FC1=C/CCCCC/C=C\1N1CCOCC1. The highest BCUT2D eigenvalue weighted by Crippen LogP contribution is 2.22. The van der Waals surface area contributed by atoms with Gasteiger partial charge in [0, 0.05) is 13.1 Å². The number of nitrogens with zero attached hydrogens (tertiary/aromatic N) is 1. The smallest absolute Gasteiger partial charge is 0.142 e. The Kier molecular flexibility index (Phi) is 4.40. The van der Waals surface area contributed by atoms with Crippen molar-refractivity contribution in [3.63, 3.8) is 0 Å². The van der Waals surface area contributed by atoms with Crippen molar-refractivity contribution in [2.24, 2.45) is 0 Å². The van der Waals surface area contributed by atoms with E-state index in [1.165, 1.54) is 12.8 Å². The predicted octanol–water partition coefficient (Wildman–Crippen LogP) is 3.02. The van der Waals surface area contributed by atoms with Crippen LogP contribution in [0.5, 0.6) is 0 Å². The molecule has 0 unspecified atom stereocenters. The zero-order valence-corrected chi connectivity index (χ0v) is 9.75. The second kappa shape index (κ2) is 6.04. The van der Waals surface area contributed by atoms with Crippen LogP contribution in [0.3, 0.4) is 0 Å². The first-order valence-corrected chi connectivity index (χ1v) is 6.27. The molecule has 2 aliphatic rings. The molecule has 1 aliphatic carbocycles. The van der Waals surface area contributed by atoms with E-state index in [2.05, 4.69) is 11.0 Å². The van der Waals surface area contributed by atoms with Gasteiger partial charge >= 0.3 is 0 Å². The zero-order chi connectivity index (χ0) is 11.2. The lowest BCUT2D eigenvalue weighted by atomic mass is 10.1. The first kappa shape index (κ1) is 11.6. The normalized spacial score (nSPS) is 30.4. The van der Waals surface area contributed by atoms with E-state index in [0.29, 0.717) is 13.2 Å². The molecule has 1 fully saturated rings. The van der Waals surface area contributed by atoms with Gasteiger partial charge in [-0.2, -0.15) is 0 Å². The van der Waals surface area contributed by atoms with Crippen LogP contribution in [-0.2, 0) is 4.74 Å². The number of hydrogen-bond donors (Lipinski definition) is 0. The lowest BCUT2D eigenvalue weighted by Crippen LogP contribution is -2.35. The minimum absolute atomic E-state index is 0.0381. The van der Waals surface area contributed by atoms with Crippen LogP contribution in [0.4, 0.5) is 4.39 Å². The van der Waals surface area contributed by atoms with Crippen molar-refractivity contribution in [2.75, 3.05) is 26.3 Å². The lowest BCUT2D eigenvalue weighted by molar-refractivity contribution is 0.0533. The maximum Gasteiger partial charge on any atom is 0.142 e. The molecule has 0 radical (unpaired) electrons. The van der Waals surface area contributed by atoms with E-state index in [9.17, 15) is 4.39 Å². The molecular formula is C13H20FNO. The molecule has 2 nitrogen and oxygen atoms in total. The molecular weight excluding hydrogens is 205 g/mol. The molecule has 0 N–H and O–H groups in total. The summed E-state index contributed by atoms with van der Waals surface area (Å²) in [7, 11) is 0. The van der Waals surface area contributed by atoms with Crippen LogP contribution in [0.2, 0.25) is 0 Å². The number of allylic oxidation sites excluding steroid dienone is 3. The van der Waals surface area contributed by atoms with Gasteiger partial charge in [-0.3, -0.25) is 0 Å². The molecule has 1 saturated heterocycles. The van der Waals surface area contributed by atoms with Gasteiger partial charge in [0.1, 0.15) is 5.83 Å². The summed E-state index contributed by atoms with van der Waals surface area (Å²) in [6.07, 6.45) is 9.15. The van der Waals surface area contributed by atoms with Gasteiger partial charge in [0.05, 0.1) is 18.9 Å². The average Bonchev–Trinajstić information content (AvgIpc) is 2.43. The number of ether oxygens (including phenoxy) is 1. The summed E-state index contributed by atoms with van der Waals surface area (Å²) in [5.41, 5.74) is 0.796. The Balaban J connectivity index is 2.09. The minimum Gasteiger partial charge on any atom is -0.378 e. The quantitative estimate of drug-likeness (QED) is 0.680. The van der Waals surface area contributed by atoms with Crippen LogP contribution >= 0.6 is 0 Å². The van der Waals surface area contributed by atoms with Crippen molar-refractivity contribution in [1.29, 1.82) is 0 Å². The van der Waals surface area contributed by atoms with Gasteiger partial charge in [-0.1, -0.05) is 12.5 Å². The summed E-state index contributed by atoms with van der Waals surface area (Å²) in [5.74, 6) is -0.0381. The number of rotatable bonds is 1. The van der Waals surface area contributed by atoms with E-state index in [1.807, 2.05) is 0 Å². The van der Waals surface area contributed by atoms with E-state index in [1.54, 1.807) is 6.08 Å². The van der Waals surface area contributed by atoms with Gasteiger partial charge in [-0.25, -0.2) is 4.39 Å². The molecule has 0 atom stereocenters. The van der Waals surface area contributed by atoms with Crippen LogP contribution in [0.15, 0.2) is 23.7 Å². The monoisotopic (exact) mass is 225 g/mol. The second-order valence-electron chi connectivity index (χ2n) is 4.38. The maximum absolute atomic E-state index is 14.0. The van der Waals surface area contributed by atoms with E-state index >= 15 is 0 Å². The molecule has 2 rings (SSSR count). The minimum atomic E-state index is -0.0381. The molecule has 1 aliphatic heterocycles. The highest BCUT2D eigenvalue weighted by atomic mass is 19.1. The Morgan fingerprint density at radius 2 is 1.69 bits per heavy atom. The van der Waals surface area contributed by atoms with Crippen LogP contribution in [0, 0.1) is 0 Å². The standard InChI is InChI=1S/C13H20FNO/c14-12-6-4-2-1-3-5-7-13(12)15-8-10-16-11-9-15/h6-7H,1-5,8-11H2/b12-6+,13-7+. The Morgan fingerprint density at radius 1 is 1.00 bits per heavy atom. The molecule has 0 spiro atoms. The van der Waals surface area contributed by atoms with E-state index < -0.39 is 0 Å². The number of halogens is 1. The Bertz CT molecular complexity index is 280. The highest BCUT2D eigenvalue weighted by molar-refractivity contribution is 5.24. The predicted molar refractivity (Wildman–Crippen MR) is 62.8 cm³/mol. The third-order valence-electron chi connectivity index (χ3n) is 3.17. The Labute approximate surface area is 96.8 Å². The van der Waals surface area contributed by atoms with Crippen LogP contribution in [0.1, 0.15) is 32.1 Å². The van der Waals surface area contributed by atoms with Crippen LogP contribution < -0.4 is 0 Å². The molecule has 90 valence electrons. The summed E-state index contributed by atoms with van der Waals surface area (Å²) >= 11 is 0. The largest absolute Gasteiger partial charge is 0.378 e. The second-order valence-corrected chi connectivity index (χ2v) is 4.38. The van der Waals surface area contributed by atoms with Crippen LogP contribution in [0.25, 0.3) is 0 Å². The van der Waals surface area contributed by atoms with Gasteiger partial charge in [0.2, 0.25) is 0 Å². The van der Waals surface area contributed by atoms with Gasteiger partial charge in [-0.15, -0.1) is 0 Å². The fraction of sp³-hybridized carbons (Fsp3) is 0.692. The van der Waals surface area contributed by atoms with E-state index in [4.69, 9.17) is 4.74 Å². The lowest BCUT2D eigenvalue weighted by Gasteiger charge is -2.30. The summed E-state index contributed by atoms with van der Waals surface area (Å²) in [4.78, 5) is 2.11. The number of hydrogen-bond acceptors (Lipinski definition) is 2. The molecule has 0 aromatic carbocycles. The highest BCUT2D eigenvalue weighted by Gasteiger charge is 2.17.